The highest BCUT2D eigenvalue weighted by atomic mass is 32.2. The largest absolute Gasteiger partial charge is 0.313 e. The van der Waals surface area contributed by atoms with Crippen molar-refractivity contribution in [1.29, 1.82) is 0 Å². The Balaban J connectivity index is 1.94. The van der Waals surface area contributed by atoms with E-state index in [0.717, 1.165) is 22.4 Å². The van der Waals surface area contributed by atoms with E-state index in [1.54, 1.807) is 11.3 Å². The smallest absolute Gasteiger partial charge is 0.0911 e. The number of rotatable bonds is 6. The minimum Gasteiger partial charge on any atom is -0.313 e. The monoisotopic (exact) mass is 271 g/mol. The highest BCUT2D eigenvalue weighted by molar-refractivity contribution is 7.87. The van der Waals surface area contributed by atoms with Crippen LogP contribution in [0.3, 0.4) is 0 Å². The molecule has 2 atom stereocenters. The Morgan fingerprint density at radius 1 is 1.53 bits per heavy atom. The second-order valence-electron chi connectivity index (χ2n) is 4.65. The Hall–Kier alpha value is -0.190. The summed E-state index contributed by atoms with van der Waals surface area (Å²) in [6, 6.07) is 4.40. The Bertz CT molecular complexity index is 344. The molecular weight excluding hydrogens is 250 g/mol. The lowest BCUT2D eigenvalue weighted by Gasteiger charge is -2.23. The molecule has 1 heterocycles. The summed E-state index contributed by atoms with van der Waals surface area (Å²) in [4.78, 5) is 0. The van der Waals surface area contributed by atoms with Crippen molar-refractivity contribution in [3.63, 3.8) is 0 Å². The van der Waals surface area contributed by atoms with Crippen molar-refractivity contribution in [3.05, 3.63) is 17.5 Å². The second kappa shape index (κ2) is 6.66. The fourth-order valence-electron chi connectivity index (χ4n) is 2.62. The van der Waals surface area contributed by atoms with Gasteiger partial charge in [0.1, 0.15) is 0 Å². The molecule has 2 unspecified atom stereocenters. The van der Waals surface area contributed by atoms with E-state index in [2.05, 4.69) is 12.2 Å². The zero-order valence-corrected chi connectivity index (χ0v) is 12.0. The van der Waals surface area contributed by atoms with Crippen LogP contribution in [-0.4, -0.2) is 22.5 Å². The van der Waals surface area contributed by atoms with Gasteiger partial charge < -0.3 is 5.32 Å². The lowest BCUT2D eigenvalue weighted by molar-refractivity contribution is 0.392. The van der Waals surface area contributed by atoms with Gasteiger partial charge in [0.05, 0.1) is 15.0 Å². The molecule has 1 N–H and O–H groups in total. The zero-order chi connectivity index (χ0) is 12.1. The van der Waals surface area contributed by atoms with Gasteiger partial charge >= 0.3 is 0 Å². The van der Waals surface area contributed by atoms with Crippen LogP contribution in [0.5, 0.6) is 0 Å². The van der Waals surface area contributed by atoms with Crippen LogP contribution < -0.4 is 5.32 Å². The van der Waals surface area contributed by atoms with Crippen LogP contribution in [-0.2, 0) is 10.8 Å². The fourth-order valence-corrected chi connectivity index (χ4v) is 4.98. The maximum Gasteiger partial charge on any atom is 0.0911 e. The molecule has 0 aromatic carbocycles. The average molecular weight is 271 g/mol. The molecule has 1 aliphatic carbocycles. The molecule has 0 bridgehead atoms. The van der Waals surface area contributed by atoms with Gasteiger partial charge in [0.15, 0.2) is 0 Å². The highest BCUT2D eigenvalue weighted by Crippen LogP contribution is 2.29. The van der Waals surface area contributed by atoms with Gasteiger partial charge in [-0.3, -0.25) is 4.21 Å². The van der Waals surface area contributed by atoms with Gasteiger partial charge in [0, 0.05) is 11.8 Å². The van der Waals surface area contributed by atoms with E-state index in [1.807, 2.05) is 17.5 Å². The molecular formula is C13H21NOS2. The molecule has 96 valence electrons. The van der Waals surface area contributed by atoms with Crippen LogP contribution in [0.1, 0.15) is 32.6 Å². The third-order valence-electron chi connectivity index (χ3n) is 3.49. The van der Waals surface area contributed by atoms with Crippen LogP contribution in [0.2, 0.25) is 0 Å². The van der Waals surface area contributed by atoms with Gasteiger partial charge in [-0.05, 0) is 36.8 Å². The first-order chi connectivity index (χ1) is 8.31. The second-order valence-corrected chi connectivity index (χ2v) is 7.32. The first kappa shape index (κ1) is 13.2. The molecule has 0 radical (unpaired) electrons. The Labute approximate surface area is 110 Å². The van der Waals surface area contributed by atoms with Crippen molar-refractivity contribution in [2.45, 2.75) is 42.9 Å². The Morgan fingerprint density at radius 3 is 2.88 bits per heavy atom. The van der Waals surface area contributed by atoms with Crippen LogP contribution >= 0.6 is 11.3 Å². The lowest BCUT2D eigenvalue weighted by Crippen LogP contribution is -2.39. The molecule has 1 aromatic heterocycles. The summed E-state index contributed by atoms with van der Waals surface area (Å²) in [7, 11) is -0.824. The third kappa shape index (κ3) is 3.63. The van der Waals surface area contributed by atoms with Crippen molar-refractivity contribution in [1.82, 2.24) is 5.32 Å². The summed E-state index contributed by atoms with van der Waals surface area (Å²) in [6.07, 6.45) is 5.30. The summed E-state index contributed by atoms with van der Waals surface area (Å²) in [5.41, 5.74) is 0. The van der Waals surface area contributed by atoms with Gasteiger partial charge in [-0.2, -0.15) is 0 Å². The maximum absolute atomic E-state index is 12.2. The molecule has 0 amide bonds. The molecule has 1 aliphatic rings. The van der Waals surface area contributed by atoms with Crippen molar-refractivity contribution >= 4 is 22.1 Å². The van der Waals surface area contributed by atoms with E-state index in [1.165, 1.54) is 25.7 Å². The summed E-state index contributed by atoms with van der Waals surface area (Å²) in [5.74, 6) is 1.51. The molecule has 2 nitrogen and oxygen atoms in total. The standard InChI is InChI=1S/C13H21NOS2/c1-2-14-12(11-6-3-4-7-11)10-17(15)13-8-5-9-16-13/h5,8-9,11-12,14H,2-4,6-7,10H2,1H3. The predicted octanol–water partition coefficient (Wildman–Crippen LogP) is 3.02. The maximum atomic E-state index is 12.2. The number of thiophene rings is 1. The van der Waals surface area contributed by atoms with Crippen LogP contribution in [0.15, 0.2) is 21.7 Å². The zero-order valence-electron chi connectivity index (χ0n) is 10.4. The number of nitrogens with one attached hydrogen (secondary N) is 1. The molecule has 17 heavy (non-hydrogen) atoms. The van der Waals surface area contributed by atoms with Gasteiger partial charge in [-0.15, -0.1) is 11.3 Å². The first-order valence-corrected chi connectivity index (χ1v) is 8.66. The van der Waals surface area contributed by atoms with Gasteiger partial charge in [0.25, 0.3) is 0 Å². The molecule has 0 spiro atoms. The van der Waals surface area contributed by atoms with Crippen LogP contribution in [0.4, 0.5) is 0 Å². The van der Waals surface area contributed by atoms with Crippen LogP contribution in [0, 0.1) is 5.92 Å². The summed E-state index contributed by atoms with van der Waals surface area (Å²) in [5, 5.41) is 5.53. The van der Waals surface area contributed by atoms with Crippen molar-refractivity contribution in [3.8, 4) is 0 Å². The lowest BCUT2D eigenvalue weighted by atomic mass is 10.00. The van der Waals surface area contributed by atoms with Crippen molar-refractivity contribution in [2.24, 2.45) is 5.92 Å². The molecule has 1 fully saturated rings. The Morgan fingerprint density at radius 2 is 2.29 bits per heavy atom. The van der Waals surface area contributed by atoms with Gasteiger partial charge in [0.2, 0.25) is 0 Å². The topological polar surface area (TPSA) is 29.1 Å². The number of hydrogen-bond acceptors (Lipinski definition) is 3. The fraction of sp³-hybridized carbons (Fsp3) is 0.692. The molecule has 0 aliphatic heterocycles. The van der Waals surface area contributed by atoms with E-state index in [0.29, 0.717) is 6.04 Å². The molecule has 4 heteroatoms. The third-order valence-corrected chi connectivity index (χ3v) is 6.24. The van der Waals surface area contributed by atoms with E-state index in [4.69, 9.17) is 0 Å². The minimum atomic E-state index is -0.824. The van der Waals surface area contributed by atoms with Crippen LogP contribution in [0.25, 0.3) is 0 Å². The highest BCUT2D eigenvalue weighted by Gasteiger charge is 2.26. The summed E-state index contributed by atoms with van der Waals surface area (Å²) in [6.45, 7) is 3.11. The van der Waals surface area contributed by atoms with E-state index >= 15 is 0 Å². The summed E-state index contributed by atoms with van der Waals surface area (Å²) < 4.78 is 13.2. The van der Waals surface area contributed by atoms with Gasteiger partial charge in [-0.25, -0.2) is 0 Å². The van der Waals surface area contributed by atoms with E-state index in [-0.39, 0.29) is 0 Å². The molecule has 2 rings (SSSR count). The Kier molecular flexibility index (Phi) is 5.19. The number of hydrogen-bond donors (Lipinski definition) is 1. The SMILES string of the molecule is CCNC(CS(=O)c1cccs1)C1CCCC1. The van der Waals surface area contributed by atoms with E-state index < -0.39 is 10.8 Å². The predicted molar refractivity (Wildman–Crippen MR) is 75.0 cm³/mol. The van der Waals surface area contributed by atoms with E-state index in [9.17, 15) is 4.21 Å². The minimum absolute atomic E-state index is 0.436. The molecule has 1 saturated carbocycles. The quantitative estimate of drug-likeness (QED) is 0.861. The summed E-state index contributed by atoms with van der Waals surface area (Å²) >= 11 is 1.61. The van der Waals surface area contributed by atoms with Crippen molar-refractivity contribution in [2.75, 3.05) is 12.3 Å². The molecule has 0 saturated heterocycles. The molecule has 1 aromatic rings. The van der Waals surface area contributed by atoms with Gasteiger partial charge in [-0.1, -0.05) is 25.8 Å². The average Bonchev–Trinajstić information content (AvgIpc) is 3.01. The normalized spacial score (nSPS) is 20.5. The van der Waals surface area contributed by atoms with Crippen molar-refractivity contribution < 1.29 is 4.21 Å². The first-order valence-electron chi connectivity index (χ1n) is 6.46.